The third kappa shape index (κ3) is 5.14. The molecule has 2 N–H and O–H groups in total. The molecule has 0 spiro atoms. The van der Waals surface area contributed by atoms with Gasteiger partial charge in [-0.05, 0) is 47.9 Å². The van der Waals surface area contributed by atoms with Crippen LogP contribution in [0.1, 0.15) is 16.7 Å². The Hall–Kier alpha value is -3.61. The maximum absolute atomic E-state index is 12.9. The lowest BCUT2D eigenvalue weighted by Crippen LogP contribution is -2.32. The molecule has 0 saturated carbocycles. The first kappa shape index (κ1) is 23.5. The molecule has 0 unspecified atom stereocenters. The van der Waals surface area contributed by atoms with Crippen LogP contribution in [-0.4, -0.2) is 17.7 Å². The minimum Gasteiger partial charge on any atom is -0.352 e. The van der Waals surface area contributed by atoms with Crippen LogP contribution in [0.25, 0.3) is 0 Å². The van der Waals surface area contributed by atoms with Gasteiger partial charge in [-0.15, -0.1) is 0 Å². The van der Waals surface area contributed by atoms with Gasteiger partial charge in [0, 0.05) is 17.3 Å². The van der Waals surface area contributed by atoms with E-state index < -0.39 is 11.8 Å². The molecular formula is C26H21Cl2N3O3. The lowest BCUT2D eigenvalue weighted by atomic mass is 10.1. The van der Waals surface area contributed by atoms with Crippen LogP contribution in [0.5, 0.6) is 0 Å². The highest BCUT2D eigenvalue weighted by Crippen LogP contribution is 2.32. The molecule has 0 atom stereocenters. The highest BCUT2D eigenvalue weighted by molar-refractivity contribution is 6.53. The quantitative estimate of drug-likeness (QED) is 0.456. The van der Waals surface area contributed by atoms with Crippen LogP contribution >= 0.6 is 23.2 Å². The van der Waals surface area contributed by atoms with Crippen LogP contribution in [0.3, 0.4) is 0 Å². The first-order valence-corrected chi connectivity index (χ1v) is 11.3. The van der Waals surface area contributed by atoms with Crippen LogP contribution in [0.2, 0.25) is 5.02 Å². The smallest absolute Gasteiger partial charge is 0.283 e. The standard InChI is InChI=1S/C26H21Cl2N3O3/c1-16-7-12-20(14-21(16)27)31-25(33)23(28)24(26(31)34)30-19-10-8-17(9-11-19)13-22(32)29-15-18-5-3-2-4-6-18/h2-12,14,30H,13,15H2,1H3,(H,29,32). The van der Waals surface area contributed by atoms with E-state index in [2.05, 4.69) is 10.6 Å². The third-order valence-electron chi connectivity index (χ3n) is 5.36. The van der Waals surface area contributed by atoms with Gasteiger partial charge >= 0.3 is 0 Å². The summed E-state index contributed by atoms with van der Waals surface area (Å²) in [5, 5.41) is 6.06. The summed E-state index contributed by atoms with van der Waals surface area (Å²) >= 11 is 12.3. The molecule has 3 aromatic rings. The van der Waals surface area contributed by atoms with Gasteiger partial charge in [0.15, 0.2) is 0 Å². The van der Waals surface area contributed by atoms with Crippen molar-refractivity contribution in [3.63, 3.8) is 0 Å². The maximum atomic E-state index is 12.9. The molecule has 34 heavy (non-hydrogen) atoms. The van der Waals surface area contributed by atoms with Crippen molar-refractivity contribution in [2.24, 2.45) is 0 Å². The number of aryl methyl sites for hydroxylation is 1. The van der Waals surface area contributed by atoms with E-state index in [9.17, 15) is 14.4 Å². The Morgan fingerprint density at radius 2 is 1.59 bits per heavy atom. The van der Waals surface area contributed by atoms with Crippen molar-refractivity contribution in [1.82, 2.24) is 5.32 Å². The van der Waals surface area contributed by atoms with E-state index in [4.69, 9.17) is 23.2 Å². The molecule has 0 aliphatic carbocycles. The number of benzene rings is 3. The van der Waals surface area contributed by atoms with Gasteiger partial charge in [-0.25, -0.2) is 4.90 Å². The molecule has 0 radical (unpaired) electrons. The molecule has 3 amide bonds. The second-order valence-electron chi connectivity index (χ2n) is 7.83. The van der Waals surface area contributed by atoms with E-state index in [1.165, 1.54) is 0 Å². The number of imide groups is 1. The Labute approximate surface area is 207 Å². The number of hydrogen-bond acceptors (Lipinski definition) is 4. The molecule has 8 heteroatoms. The van der Waals surface area contributed by atoms with Crippen molar-refractivity contribution >= 4 is 52.3 Å². The highest BCUT2D eigenvalue weighted by atomic mass is 35.5. The van der Waals surface area contributed by atoms with Gasteiger partial charge in [0.2, 0.25) is 5.91 Å². The number of hydrogen-bond donors (Lipinski definition) is 2. The number of anilines is 2. The van der Waals surface area contributed by atoms with Gasteiger partial charge in [-0.3, -0.25) is 14.4 Å². The van der Waals surface area contributed by atoms with Crippen molar-refractivity contribution in [1.29, 1.82) is 0 Å². The molecule has 0 fully saturated rings. The second-order valence-corrected chi connectivity index (χ2v) is 8.61. The Morgan fingerprint density at radius 3 is 2.26 bits per heavy atom. The fraction of sp³-hybridized carbons (Fsp3) is 0.115. The summed E-state index contributed by atoms with van der Waals surface area (Å²) in [5.41, 5.74) is 3.55. The van der Waals surface area contributed by atoms with Gasteiger partial charge in [0.25, 0.3) is 11.8 Å². The van der Waals surface area contributed by atoms with Gasteiger partial charge in [0.05, 0.1) is 12.1 Å². The molecule has 1 aliphatic heterocycles. The summed E-state index contributed by atoms with van der Waals surface area (Å²) < 4.78 is 0. The zero-order valence-electron chi connectivity index (χ0n) is 18.3. The Kier molecular flexibility index (Phi) is 7.01. The van der Waals surface area contributed by atoms with Gasteiger partial charge < -0.3 is 10.6 Å². The second kappa shape index (κ2) is 10.1. The molecular weight excluding hydrogens is 473 g/mol. The number of nitrogens with zero attached hydrogens (tertiary/aromatic N) is 1. The lowest BCUT2D eigenvalue weighted by molar-refractivity contribution is -0.121. The Balaban J connectivity index is 1.39. The molecule has 0 aromatic heterocycles. The average Bonchev–Trinajstić information content (AvgIpc) is 3.04. The minimum absolute atomic E-state index is 0.0169. The SMILES string of the molecule is Cc1ccc(N2C(=O)C(Cl)=C(Nc3ccc(CC(=O)NCc4ccccc4)cc3)C2=O)cc1Cl. The Bertz CT molecular complexity index is 1290. The third-order valence-corrected chi connectivity index (χ3v) is 6.12. The summed E-state index contributed by atoms with van der Waals surface area (Å²) in [4.78, 5) is 38.8. The Morgan fingerprint density at radius 1 is 0.882 bits per heavy atom. The first-order valence-electron chi connectivity index (χ1n) is 10.5. The van der Waals surface area contributed by atoms with E-state index in [-0.39, 0.29) is 23.1 Å². The van der Waals surface area contributed by atoms with Crippen LogP contribution in [0, 0.1) is 6.92 Å². The molecule has 3 aromatic carbocycles. The molecule has 0 bridgehead atoms. The van der Waals surface area contributed by atoms with Crippen molar-refractivity contribution in [2.45, 2.75) is 19.9 Å². The monoisotopic (exact) mass is 493 g/mol. The predicted octanol–water partition coefficient (Wildman–Crippen LogP) is 4.94. The van der Waals surface area contributed by atoms with E-state index >= 15 is 0 Å². The van der Waals surface area contributed by atoms with Crippen LogP contribution < -0.4 is 15.5 Å². The maximum Gasteiger partial charge on any atom is 0.283 e. The van der Waals surface area contributed by atoms with Crippen molar-refractivity contribution in [2.75, 3.05) is 10.2 Å². The van der Waals surface area contributed by atoms with E-state index in [0.29, 0.717) is 22.9 Å². The van der Waals surface area contributed by atoms with Gasteiger partial charge in [-0.1, -0.05) is 71.7 Å². The van der Waals surface area contributed by atoms with Gasteiger partial charge in [0.1, 0.15) is 10.7 Å². The number of nitrogens with one attached hydrogen (secondary N) is 2. The number of halogens is 2. The lowest BCUT2D eigenvalue weighted by Gasteiger charge is -2.16. The van der Waals surface area contributed by atoms with E-state index in [0.717, 1.165) is 21.6 Å². The zero-order chi connectivity index (χ0) is 24.2. The molecule has 0 saturated heterocycles. The fourth-order valence-electron chi connectivity index (χ4n) is 3.46. The van der Waals surface area contributed by atoms with Crippen molar-refractivity contribution < 1.29 is 14.4 Å². The first-order chi connectivity index (χ1) is 16.3. The van der Waals surface area contributed by atoms with Crippen LogP contribution in [0.4, 0.5) is 11.4 Å². The number of amides is 3. The van der Waals surface area contributed by atoms with E-state index in [1.54, 1.807) is 42.5 Å². The summed E-state index contributed by atoms with van der Waals surface area (Å²) in [5.74, 6) is -1.29. The number of rotatable bonds is 7. The molecule has 172 valence electrons. The summed E-state index contributed by atoms with van der Waals surface area (Å²) in [7, 11) is 0. The molecule has 1 aliphatic rings. The highest BCUT2D eigenvalue weighted by Gasteiger charge is 2.39. The summed E-state index contributed by atoms with van der Waals surface area (Å²) in [6, 6.07) is 21.6. The van der Waals surface area contributed by atoms with Crippen LogP contribution in [-0.2, 0) is 27.3 Å². The normalized spacial score (nSPS) is 13.4. The largest absolute Gasteiger partial charge is 0.352 e. The molecule has 1 heterocycles. The van der Waals surface area contributed by atoms with Gasteiger partial charge in [-0.2, -0.15) is 0 Å². The average molecular weight is 494 g/mol. The number of carbonyl (C=O) groups excluding carboxylic acids is 3. The predicted molar refractivity (Wildman–Crippen MR) is 134 cm³/mol. The molecule has 6 nitrogen and oxygen atoms in total. The summed E-state index contributed by atoms with van der Waals surface area (Å²) in [6.07, 6.45) is 0.218. The topological polar surface area (TPSA) is 78.5 Å². The number of carbonyl (C=O) groups is 3. The molecule has 4 rings (SSSR count). The summed E-state index contributed by atoms with van der Waals surface area (Å²) in [6.45, 7) is 2.29. The minimum atomic E-state index is -0.624. The van der Waals surface area contributed by atoms with Crippen molar-refractivity contribution in [3.8, 4) is 0 Å². The van der Waals surface area contributed by atoms with Crippen LogP contribution in [0.15, 0.2) is 83.5 Å². The van der Waals surface area contributed by atoms with Crippen molar-refractivity contribution in [3.05, 3.63) is 105 Å². The fourth-order valence-corrected chi connectivity index (χ4v) is 3.85. The zero-order valence-corrected chi connectivity index (χ0v) is 19.8. The van der Waals surface area contributed by atoms with E-state index in [1.807, 2.05) is 37.3 Å².